The van der Waals surface area contributed by atoms with Crippen molar-refractivity contribution >= 4 is 46.4 Å². The van der Waals surface area contributed by atoms with E-state index in [2.05, 4.69) is 5.32 Å². The fourth-order valence-corrected chi connectivity index (χ4v) is 4.53. The van der Waals surface area contributed by atoms with Crippen molar-refractivity contribution in [1.29, 1.82) is 0 Å². The molecule has 98 valence electrons. The van der Waals surface area contributed by atoms with Crippen LogP contribution in [-0.4, -0.2) is 34.0 Å². The summed E-state index contributed by atoms with van der Waals surface area (Å²) in [5.41, 5.74) is 7.01. The van der Waals surface area contributed by atoms with Gasteiger partial charge < -0.3 is 11.1 Å². The third kappa shape index (κ3) is 3.76. The minimum absolute atomic E-state index is 0.225. The van der Waals surface area contributed by atoms with Crippen LogP contribution < -0.4 is 11.1 Å². The Balaban J connectivity index is 2.01. The average Bonchev–Trinajstić information content (AvgIpc) is 2.38. The number of thiocarbonyl (C=S) groups is 1. The predicted molar refractivity (Wildman–Crippen MR) is 84.3 cm³/mol. The molecular formula is C12H15FN2S3. The molecule has 6 heteroatoms. The molecule has 1 fully saturated rings. The van der Waals surface area contributed by atoms with Gasteiger partial charge in [0.1, 0.15) is 10.8 Å². The van der Waals surface area contributed by atoms with Gasteiger partial charge in [-0.05, 0) is 18.2 Å². The van der Waals surface area contributed by atoms with Crippen molar-refractivity contribution in [3.63, 3.8) is 0 Å². The second-order valence-corrected chi connectivity index (χ2v) is 7.00. The summed E-state index contributed by atoms with van der Waals surface area (Å²) in [5.74, 6) is 3.27. The lowest BCUT2D eigenvalue weighted by Crippen LogP contribution is -2.24. The van der Waals surface area contributed by atoms with Crippen molar-refractivity contribution in [2.45, 2.75) is 5.25 Å². The van der Waals surface area contributed by atoms with Crippen LogP contribution >= 0.6 is 35.7 Å². The highest BCUT2D eigenvalue weighted by Crippen LogP contribution is 2.25. The Hall–Kier alpha value is -0.460. The van der Waals surface area contributed by atoms with E-state index in [1.165, 1.54) is 23.6 Å². The molecule has 0 bridgehead atoms. The molecule has 1 aromatic carbocycles. The fraction of sp³-hybridized carbons (Fsp3) is 0.417. The zero-order valence-corrected chi connectivity index (χ0v) is 12.3. The SMILES string of the molecule is NC(=S)c1cc(F)ccc1NCC1CSCCS1. The minimum atomic E-state index is -0.314. The molecule has 18 heavy (non-hydrogen) atoms. The number of benzene rings is 1. The van der Waals surface area contributed by atoms with Crippen LogP contribution in [0.25, 0.3) is 0 Å². The average molecular weight is 302 g/mol. The van der Waals surface area contributed by atoms with Gasteiger partial charge in [-0.25, -0.2) is 4.39 Å². The summed E-state index contributed by atoms with van der Waals surface area (Å²) >= 11 is 8.90. The standard InChI is InChI=1S/C12H15FN2S3/c13-8-1-2-11(10(5-8)12(14)16)15-6-9-7-17-3-4-18-9/h1-2,5,9,15H,3-4,6-7H2,(H2,14,16). The third-order valence-corrected chi connectivity index (χ3v) is 5.72. The van der Waals surface area contributed by atoms with Gasteiger partial charge in [0.2, 0.25) is 0 Å². The fourth-order valence-electron chi connectivity index (χ4n) is 1.75. The molecule has 3 N–H and O–H groups in total. The number of thioether (sulfide) groups is 2. The smallest absolute Gasteiger partial charge is 0.124 e. The highest BCUT2D eigenvalue weighted by molar-refractivity contribution is 8.06. The molecule has 0 aliphatic carbocycles. The summed E-state index contributed by atoms with van der Waals surface area (Å²) in [4.78, 5) is 0.225. The number of halogens is 1. The maximum absolute atomic E-state index is 13.2. The van der Waals surface area contributed by atoms with Gasteiger partial charge in [0.05, 0.1) is 0 Å². The number of anilines is 1. The van der Waals surface area contributed by atoms with Gasteiger partial charge in [-0.15, -0.1) is 0 Å². The lowest BCUT2D eigenvalue weighted by molar-refractivity contribution is 0.627. The molecular weight excluding hydrogens is 287 g/mol. The van der Waals surface area contributed by atoms with Crippen LogP contribution in [0, 0.1) is 5.82 Å². The zero-order valence-electron chi connectivity index (χ0n) is 9.82. The van der Waals surface area contributed by atoms with Crippen molar-refractivity contribution in [3.8, 4) is 0 Å². The van der Waals surface area contributed by atoms with E-state index >= 15 is 0 Å². The van der Waals surface area contributed by atoms with Crippen LogP contribution in [0.4, 0.5) is 10.1 Å². The predicted octanol–water partition coefficient (Wildman–Crippen LogP) is 2.72. The van der Waals surface area contributed by atoms with Crippen molar-refractivity contribution in [2.75, 3.05) is 29.1 Å². The lowest BCUT2D eigenvalue weighted by Gasteiger charge is -2.22. The Kier molecular flexibility index (Phi) is 5.14. The van der Waals surface area contributed by atoms with Crippen LogP contribution in [0.15, 0.2) is 18.2 Å². The zero-order chi connectivity index (χ0) is 13.0. The molecule has 1 heterocycles. The first-order chi connectivity index (χ1) is 8.66. The monoisotopic (exact) mass is 302 g/mol. The van der Waals surface area contributed by atoms with Crippen molar-refractivity contribution in [3.05, 3.63) is 29.6 Å². The first-order valence-electron chi connectivity index (χ1n) is 5.69. The molecule has 1 aromatic rings. The van der Waals surface area contributed by atoms with Crippen molar-refractivity contribution in [1.82, 2.24) is 0 Å². The van der Waals surface area contributed by atoms with E-state index in [0.29, 0.717) is 10.8 Å². The molecule has 2 nitrogen and oxygen atoms in total. The number of hydrogen-bond acceptors (Lipinski definition) is 4. The maximum atomic E-state index is 13.2. The van der Waals surface area contributed by atoms with E-state index in [1.54, 1.807) is 6.07 Å². The van der Waals surface area contributed by atoms with Crippen LogP contribution in [0.2, 0.25) is 0 Å². The largest absolute Gasteiger partial charge is 0.389 e. The molecule has 0 radical (unpaired) electrons. The second-order valence-electron chi connectivity index (χ2n) is 4.00. The molecule has 1 atom stereocenters. The number of hydrogen-bond donors (Lipinski definition) is 2. The Morgan fingerprint density at radius 1 is 1.50 bits per heavy atom. The Morgan fingerprint density at radius 2 is 2.33 bits per heavy atom. The summed E-state index contributed by atoms with van der Waals surface area (Å²) in [7, 11) is 0. The molecule has 1 aliphatic heterocycles. The molecule has 0 aromatic heterocycles. The van der Waals surface area contributed by atoms with Gasteiger partial charge in [-0.2, -0.15) is 23.5 Å². The first-order valence-corrected chi connectivity index (χ1v) is 8.30. The molecule has 0 amide bonds. The third-order valence-electron chi connectivity index (χ3n) is 2.65. The van der Waals surface area contributed by atoms with E-state index in [-0.39, 0.29) is 10.8 Å². The van der Waals surface area contributed by atoms with E-state index in [4.69, 9.17) is 18.0 Å². The molecule has 0 spiro atoms. The van der Waals surface area contributed by atoms with E-state index < -0.39 is 0 Å². The summed E-state index contributed by atoms with van der Waals surface area (Å²) in [6.07, 6.45) is 0. The van der Waals surface area contributed by atoms with Gasteiger partial charge >= 0.3 is 0 Å². The molecule has 2 rings (SSSR count). The summed E-state index contributed by atoms with van der Waals surface area (Å²) in [6, 6.07) is 4.50. The van der Waals surface area contributed by atoms with Crippen LogP contribution in [0.3, 0.4) is 0 Å². The lowest BCUT2D eigenvalue weighted by atomic mass is 10.1. The van der Waals surface area contributed by atoms with Crippen LogP contribution in [0.1, 0.15) is 5.56 Å². The molecule has 1 aliphatic rings. The molecule has 1 saturated heterocycles. The maximum Gasteiger partial charge on any atom is 0.124 e. The highest BCUT2D eigenvalue weighted by atomic mass is 32.2. The summed E-state index contributed by atoms with van der Waals surface area (Å²) < 4.78 is 13.2. The van der Waals surface area contributed by atoms with Crippen molar-refractivity contribution in [2.24, 2.45) is 5.73 Å². The Bertz CT molecular complexity index is 433. The van der Waals surface area contributed by atoms with E-state index in [9.17, 15) is 4.39 Å². The Labute approximate surface area is 120 Å². The number of nitrogens with two attached hydrogens (primary N) is 1. The van der Waals surface area contributed by atoms with Crippen LogP contribution in [-0.2, 0) is 0 Å². The van der Waals surface area contributed by atoms with Gasteiger partial charge in [0.25, 0.3) is 0 Å². The summed E-state index contributed by atoms with van der Waals surface area (Å²) in [5, 5.41) is 3.91. The van der Waals surface area contributed by atoms with Gasteiger partial charge in [-0.3, -0.25) is 0 Å². The van der Waals surface area contributed by atoms with E-state index in [1.807, 2.05) is 23.5 Å². The minimum Gasteiger partial charge on any atom is -0.389 e. The topological polar surface area (TPSA) is 38.0 Å². The van der Waals surface area contributed by atoms with E-state index in [0.717, 1.165) is 18.0 Å². The Morgan fingerprint density at radius 3 is 3.00 bits per heavy atom. The van der Waals surface area contributed by atoms with Crippen LogP contribution in [0.5, 0.6) is 0 Å². The van der Waals surface area contributed by atoms with Gasteiger partial charge in [0, 0.05) is 40.3 Å². The normalized spacial score (nSPS) is 19.5. The number of nitrogens with one attached hydrogen (secondary N) is 1. The van der Waals surface area contributed by atoms with Crippen molar-refractivity contribution < 1.29 is 4.39 Å². The number of rotatable bonds is 4. The quantitative estimate of drug-likeness (QED) is 0.837. The first kappa shape index (κ1) is 14.0. The second kappa shape index (κ2) is 6.63. The molecule has 1 unspecified atom stereocenters. The van der Waals surface area contributed by atoms with Gasteiger partial charge in [-0.1, -0.05) is 12.2 Å². The highest BCUT2D eigenvalue weighted by Gasteiger charge is 2.15. The molecule has 0 saturated carbocycles. The summed E-state index contributed by atoms with van der Waals surface area (Å²) in [6.45, 7) is 0.860. The van der Waals surface area contributed by atoms with Gasteiger partial charge in [0.15, 0.2) is 0 Å².